The van der Waals surface area contributed by atoms with Crippen molar-refractivity contribution in [1.29, 1.82) is 0 Å². The van der Waals surface area contributed by atoms with E-state index in [0.29, 0.717) is 11.3 Å². The second-order valence-electron chi connectivity index (χ2n) is 7.00. The average molecular weight is 426 g/mol. The number of likely N-dealkylation sites (tertiary alicyclic amines) is 1. The van der Waals surface area contributed by atoms with Crippen molar-refractivity contribution in [3.8, 4) is 0 Å². The lowest BCUT2D eigenvalue weighted by Gasteiger charge is -2.20. The standard InChI is InChI=1S/C21H22N4O4S/c26-19(15-8-10-18(11-9-15)25(28)29)23-21(30)22-17-7-5-6-16(14-17)20(27)24-12-3-1-2-4-13-24/h5-11,14H,1-4,12-13H2,(H2,22,23,26,30). The highest BCUT2D eigenvalue weighted by Gasteiger charge is 2.18. The largest absolute Gasteiger partial charge is 0.339 e. The first kappa shape index (κ1) is 21.4. The molecule has 1 aliphatic heterocycles. The van der Waals surface area contributed by atoms with Crippen LogP contribution in [0.5, 0.6) is 0 Å². The number of benzene rings is 2. The topological polar surface area (TPSA) is 105 Å². The third-order valence-electron chi connectivity index (χ3n) is 4.83. The fourth-order valence-corrected chi connectivity index (χ4v) is 3.47. The smallest absolute Gasteiger partial charge is 0.269 e. The minimum atomic E-state index is -0.534. The van der Waals surface area contributed by atoms with Gasteiger partial charge in [0.1, 0.15) is 0 Å². The number of carbonyl (C=O) groups excluding carboxylic acids is 2. The monoisotopic (exact) mass is 426 g/mol. The summed E-state index contributed by atoms with van der Waals surface area (Å²) in [4.78, 5) is 37.1. The molecule has 2 amide bonds. The number of amides is 2. The molecule has 30 heavy (non-hydrogen) atoms. The zero-order valence-electron chi connectivity index (χ0n) is 16.3. The maximum atomic E-state index is 12.8. The quantitative estimate of drug-likeness (QED) is 0.438. The Hall–Kier alpha value is -3.33. The van der Waals surface area contributed by atoms with E-state index in [9.17, 15) is 19.7 Å². The first-order chi connectivity index (χ1) is 14.4. The van der Waals surface area contributed by atoms with Gasteiger partial charge in [0.15, 0.2) is 5.11 Å². The number of nitro groups is 1. The number of non-ortho nitro benzene ring substituents is 1. The molecule has 1 saturated heterocycles. The molecule has 2 aromatic carbocycles. The maximum absolute atomic E-state index is 12.8. The van der Waals surface area contributed by atoms with Gasteiger partial charge in [-0.15, -0.1) is 0 Å². The van der Waals surface area contributed by atoms with E-state index in [1.807, 2.05) is 4.90 Å². The summed E-state index contributed by atoms with van der Waals surface area (Å²) < 4.78 is 0. The number of carbonyl (C=O) groups is 2. The van der Waals surface area contributed by atoms with Crippen LogP contribution in [-0.4, -0.2) is 39.8 Å². The molecular weight excluding hydrogens is 404 g/mol. The Morgan fingerprint density at radius 3 is 2.27 bits per heavy atom. The number of thiocarbonyl (C=S) groups is 1. The summed E-state index contributed by atoms with van der Waals surface area (Å²) >= 11 is 5.18. The molecule has 2 N–H and O–H groups in total. The van der Waals surface area contributed by atoms with Crippen LogP contribution in [0.1, 0.15) is 46.4 Å². The summed E-state index contributed by atoms with van der Waals surface area (Å²) in [7, 11) is 0. The van der Waals surface area contributed by atoms with Crippen LogP contribution in [-0.2, 0) is 0 Å². The Kier molecular flexibility index (Phi) is 7.08. The van der Waals surface area contributed by atoms with E-state index in [1.54, 1.807) is 24.3 Å². The number of rotatable bonds is 4. The van der Waals surface area contributed by atoms with E-state index in [1.165, 1.54) is 24.3 Å². The lowest BCUT2D eigenvalue weighted by molar-refractivity contribution is -0.384. The van der Waals surface area contributed by atoms with Gasteiger partial charge in [-0.2, -0.15) is 0 Å². The molecule has 0 radical (unpaired) electrons. The molecule has 2 aromatic rings. The van der Waals surface area contributed by atoms with Crippen molar-refractivity contribution in [1.82, 2.24) is 10.2 Å². The van der Waals surface area contributed by atoms with Gasteiger partial charge in [0.2, 0.25) is 0 Å². The fraction of sp³-hybridized carbons (Fsp3) is 0.286. The van der Waals surface area contributed by atoms with Gasteiger partial charge in [-0.3, -0.25) is 25.0 Å². The van der Waals surface area contributed by atoms with Crippen LogP contribution >= 0.6 is 12.2 Å². The second-order valence-corrected chi connectivity index (χ2v) is 7.41. The first-order valence-corrected chi connectivity index (χ1v) is 10.1. The summed E-state index contributed by atoms with van der Waals surface area (Å²) in [6, 6.07) is 12.2. The summed E-state index contributed by atoms with van der Waals surface area (Å²) in [5.41, 5.74) is 1.30. The Morgan fingerprint density at radius 2 is 1.63 bits per heavy atom. The third kappa shape index (κ3) is 5.60. The molecule has 0 spiro atoms. The molecular formula is C21H22N4O4S. The number of nitro benzene ring substituents is 1. The van der Waals surface area contributed by atoms with E-state index in [-0.39, 0.29) is 22.3 Å². The minimum Gasteiger partial charge on any atom is -0.339 e. The van der Waals surface area contributed by atoms with Crippen LogP contribution in [0.2, 0.25) is 0 Å². The van der Waals surface area contributed by atoms with Crippen molar-refractivity contribution in [2.75, 3.05) is 18.4 Å². The lowest BCUT2D eigenvalue weighted by atomic mass is 10.1. The van der Waals surface area contributed by atoms with Gasteiger partial charge in [-0.1, -0.05) is 18.9 Å². The van der Waals surface area contributed by atoms with Crippen LogP contribution < -0.4 is 10.6 Å². The summed E-state index contributed by atoms with van der Waals surface area (Å²) in [5, 5.41) is 16.2. The van der Waals surface area contributed by atoms with Crippen molar-refractivity contribution in [2.45, 2.75) is 25.7 Å². The van der Waals surface area contributed by atoms with Gasteiger partial charge in [0.25, 0.3) is 17.5 Å². The van der Waals surface area contributed by atoms with Gasteiger partial charge < -0.3 is 10.2 Å². The van der Waals surface area contributed by atoms with E-state index >= 15 is 0 Å². The zero-order valence-corrected chi connectivity index (χ0v) is 17.1. The first-order valence-electron chi connectivity index (χ1n) is 9.70. The fourth-order valence-electron chi connectivity index (χ4n) is 3.26. The predicted molar refractivity (Wildman–Crippen MR) is 118 cm³/mol. The molecule has 156 valence electrons. The van der Waals surface area contributed by atoms with Crippen LogP contribution in [0.3, 0.4) is 0 Å². The highest BCUT2D eigenvalue weighted by molar-refractivity contribution is 7.80. The maximum Gasteiger partial charge on any atom is 0.269 e. The summed E-state index contributed by atoms with van der Waals surface area (Å²) in [5.74, 6) is -0.499. The molecule has 0 saturated carbocycles. The van der Waals surface area contributed by atoms with Gasteiger partial charge in [-0.25, -0.2) is 0 Å². The van der Waals surface area contributed by atoms with Crippen molar-refractivity contribution in [3.63, 3.8) is 0 Å². The van der Waals surface area contributed by atoms with Crippen LogP contribution in [0.4, 0.5) is 11.4 Å². The molecule has 1 fully saturated rings. The molecule has 9 heteroatoms. The minimum absolute atomic E-state index is 0.0126. The molecule has 1 aliphatic rings. The number of hydrogen-bond donors (Lipinski definition) is 2. The van der Waals surface area contributed by atoms with Gasteiger partial charge in [0, 0.05) is 42.0 Å². The Balaban J connectivity index is 1.61. The van der Waals surface area contributed by atoms with Crippen LogP contribution in [0.25, 0.3) is 0 Å². The van der Waals surface area contributed by atoms with Crippen LogP contribution in [0.15, 0.2) is 48.5 Å². The molecule has 0 aliphatic carbocycles. The van der Waals surface area contributed by atoms with Crippen molar-refractivity contribution >= 4 is 40.5 Å². The lowest BCUT2D eigenvalue weighted by Crippen LogP contribution is -2.34. The van der Waals surface area contributed by atoms with E-state index < -0.39 is 10.8 Å². The van der Waals surface area contributed by atoms with Crippen molar-refractivity contribution in [3.05, 3.63) is 69.8 Å². The van der Waals surface area contributed by atoms with E-state index in [4.69, 9.17) is 12.2 Å². The Bertz CT molecular complexity index is 954. The highest BCUT2D eigenvalue weighted by Crippen LogP contribution is 2.17. The Morgan fingerprint density at radius 1 is 0.967 bits per heavy atom. The molecule has 1 heterocycles. The molecule has 0 aromatic heterocycles. The third-order valence-corrected chi connectivity index (χ3v) is 5.03. The molecule has 0 atom stereocenters. The molecule has 0 unspecified atom stereocenters. The van der Waals surface area contributed by atoms with Crippen molar-refractivity contribution in [2.24, 2.45) is 0 Å². The zero-order chi connectivity index (χ0) is 21.5. The average Bonchev–Trinajstić information content (AvgIpc) is 3.03. The molecule has 3 rings (SSSR count). The summed E-state index contributed by atoms with van der Waals surface area (Å²) in [6.07, 6.45) is 4.33. The van der Waals surface area contributed by atoms with Crippen LogP contribution in [0, 0.1) is 10.1 Å². The van der Waals surface area contributed by atoms with Crippen molar-refractivity contribution < 1.29 is 14.5 Å². The van der Waals surface area contributed by atoms with Gasteiger partial charge >= 0.3 is 0 Å². The van der Waals surface area contributed by atoms with E-state index in [0.717, 1.165) is 38.8 Å². The second kappa shape index (κ2) is 9.93. The number of hydrogen-bond acceptors (Lipinski definition) is 5. The molecule has 0 bridgehead atoms. The number of anilines is 1. The highest BCUT2D eigenvalue weighted by atomic mass is 32.1. The number of nitrogens with one attached hydrogen (secondary N) is 2. The Labute approximate surface area is 179 Å². The predicted octanol–water partition coefficient (Wildman–Crippen LogP) is 3.74. The van der Waals surface area contributed by atoms with Gasteiger partial charge in [-0.05, 0) is 55.4 Å². The SMILES string of the molecule is O=C(NC(=S)Nc1cccc(C(=O)N2CCCCCC2)c1)c1ccc([N+](=O)[O-])cc1. The van der Waals surface area contributed by atoms with Gasteiger partial charge in [0.05, 0.1) is 4.92 Å². The number of nitrogens with zero attached hydrogens (tertiary/aromatic N) is 2. The summed E-state index contributed by atoms with van der Waals surface area (Å²) in [6.45, 7) is 1.53. The normalized spacial score (nSPS) is 13.8. The van der Waals surface area contributed by atoms with E-state index in [2.05, 4.69) is 10.6 Å². The molecule has 8 nitrogen and oxygen atoms in total.